The first-order chi connectivity index (χ1) is 13.1. The van der Waals surface area contributed by atoms with Crippen LogP contribution in [0.15, 0.2) is 65.6 Å². The molecule has 2 aliphatic rings. The van der Waals surface area contributed by atoms with Crippen LogP contribution in [0.2, 0.25) is 0 Å². The summed E-state index contributed by atoms with van der Waals surface area (Å²) in [5.74, 6) is 7.10. The third kappa shape index (κ3) is 3.56. The van der Waals surface area contributed by atoms with Crippen LogP contribution in [0.1, 0.15) is 50.5 Å². The quantitative estimate of drug-likeness (QED) is 0.670. The van der Waals surface area contributed by atoms with Gasteiger partial charge in [-0.15, -0.1) is 0 Å². The highest BCUT2D eigenvalue weighted by atomic mass is 32.2. The molecular formula is C24H26O2S. The van der Waals surface area contributed by atoms with Crippen molar-refractivity contribution in [2.75, 3.05) is 0 Å². The monoisotopic (exact) mass is 378 g/mol. The molecule has 3 heteroatoms. The highest BCUT2D eigenvalue weighted by Crippen LogP contribution is 2.53. The van der Waals surface area contributed by atoms with E-state index in [1.165, 1.54) is 6.42 Å². The van der Waals surface area contributed by atoms with Gasteiger partial charge in [-0.3, -0.25) is 0 Å². The van der Waals surface area contributed by atoms with Crippen molar-refractivity contribution in [3.63, 3.8) is 0 Å². The van der Waals surface area contributed by atoms with Gasteiger partial charge in [-0.2, -0.15) is 0 Å². The molecule has 2 aromatic carbocycles. The van der Waals surface area contributed by atoms with E-state index in [0.717, 1.165) is 44.1 Å². The third-order valence-corrected chi connectivity index (χ3v) is 8.66. The summed E-state index contributed by atoms with van der Waals surface area (Å²) in [5.41, 5.74) is 0.864. The van der Waals surface area contributed by atoms with Gasteiger partial charge in [-0.1, -0.05) is 67.5 Å². The second-order valence-electron chi connectivity index (χ2n) is 7.91. The summed E-state index contributed by atoms with van der Waals surface area (Å²) in [4.78, 5) is 0.464. The smallest absolute Gasteiger partial charge is 0.181 e. The van der Waals surface area contributed by atoms with Crippen molar-refractivity contribution in [3.8, 4) is 11.8 Å². The van der Waals surface area contributed by atoms with Crippen LogP contribution in [-0.2, 0) is 9.84 Å². The van der Waals surface area contributed by atoms with E-state index in [1.54, 1.807) is 12.1 Å². The zero-order chi connectivity index (χ0) is 18.7. The molecule has 4 rings (SSSR count). The van der Waals surface area contributed by atoms with Crippen LogP contribution in [0.3, 0.4) is 0 Å². The van der Waals surface area contributed by atoms with Gasteiger partial charge in [0.15, 0.2) is 9.84 Å². The van der Waals surface area contributed by atoms with E-state index in [1.807, 2.05) is 48.5 Å². The molecule has 2 nitrogen and oxygen atoms in total. The number of benzene rings is 2. The van der Waals surface area contributed by atoms with Crippen molar-refractivity contribution in [1.29, 1.82) is 0 Å². The molecule has 0 aliphatic heterocycles. The van der Waals surface area contributed by atoms with Crippen molar-refractivity contribution in [3.05, 3.63) is 66.2 Å². The van der Waals surface area contributed by atoms with Crippen molar-refractivity contribution < 1.29 is 8.42 Å². The van der Waals surface area contributed by atoms with Crippen LogP contribution in [0.4, 0.5) is 0 Å². The zero-order valence-electron chi connectivity index (χ0n) is 15.6. The van der Waals surface area contributed by atoms with Crippen LogP contribution < -0.4 is 0 Å². The third-order valence-electron chi connectivity index (χ3n) is 6.37. The highest BCUT2D eigenvalue weighted by molar-refractivity contribution is 7.92. The van der Waals surface area contributed by atoms with E-state index in [-0.39, 0.29) is 16.6 Å². The molecule has 0 heterocycles. The molecular weight excluding hydrogens is 352 g/mol. The lowest BCUT2D eigenvalue weighted by Gasteiger charge is -2.31. The van der Waals surface area contributed by atoms with Crippen LogP contribution in [0.25, 0.3) is 0 Å². The molecule has 0 spiro atoms. The predicted octanol–water partition coefficient (Wildman–Crippen LogP) is 5.24. The maximum Gasteiger partial charge on any atom is 0.181 e. The fraction of sp³-hybridized carbons (Fsp3) is 0.417. The zero-order valence-corrected chi connectivity index (χ0v) is 16.4. The fourth-order valence-electron chi connectivity index (χ4n) is 4.99. The van der Waals surface area contributed by atoms with E-state index < -0.39 is 9.84 Å². The van der Waals surface area contributed by atoms with Gasteiger partial charge in [-0.05, 0) is 55.9 Å². The number of hydrogen-bond acceptors (Lipinski definition) is 2. The summed E-state index contributed by atoms with van der Waals surface area (Å²) in [6.45, 7) is 0. The summed E-state index contributed by atoms with van der Waals surface area (Å²) in [6, 6.07) is 19.0. The van der Waals surface area contributed by atoms with Crippen LogP contribution in [0, 0.1) is 23.2 Å². The summed E-state index contributed by atoms with van der Waals surface area (Å²) < 4.78 is 26.7. The topological polar surface area (TPSA) is 34.1 Å². The van der Waals surface area contributed by atoms with Crippen LogP contribution >= 0.6 is 0 Å². The highest BCUT2D eigenvalue weighted by Gasteiger charge is 2.52. The Bertz CT molecular complexity index is 938. The van der Waals surface area contributed by atoms with Gasteiger partial charge in [0.2, 0.25) is 0 Å². The summed E-state index contributed by atoms with van der Waals surface area (Å²) in [7, 11) is -3.31. The molecule has 2 fully saturated rings. The molecule has 0 amide bonds. The average molecular weight is 379 g/mol. The van der Waals surface area contributed by atoms with Crippen molar-refractivity contribution >= 4 is 9.84 Å². The molecule has 2 aromatic rings. The molecule has 0 bridgehead atoms. The van der Waals surface area contributed by atoms with Gasteiger partial charge in [0, 0.05) is 11.0 Å². The van der Waals surface area contributed by atoms with E-state index in [4.69, 9.17) is 0 Å². The molecule has 0 radical (unpaired) electrons. The first kappa shape index (κ1) is 18.3. The maximum absolute atomic E-state index is 13.4. The molecule has 27 heavy (non-hydrogen) atoms. The van der Waals surface area contributed by atoms with E-state index in [0.29, 0.717) is 4.90 Å². The first-order valence-electron chi connectivity index (χ1n) is 9.99. The summed E-state index contributed by atoms with van der Waals surface area (Å²) in [6.07, 6.45) is 7.07. The van der Waals surface area contributed by atoms with Crippen molar-refractivity contribution in [2.24, 2.45) is 11.3 Å². The maximum atomic E-state index is 13.4. The van der Waals surface area contributed by atoms with Gasteiger partial charge in [0.05, 0.1) is 10.1 Å². The average Bonchev–Trinajstić information content (AvgIpc) is 2.95. The second-order valence-corrected chi connectivity index (χ2v) is 10.1. The second kappa shape index (κ2) is 7.52. The molecule has 0 unspecified atom stereocenters. The van der Waals surface area contributed by atoms with Gasteiger partial charge in [-0.25, -0.2) is 8.42 Å². The molecule has 0 aromatic heterocycles. The van der Waals surface area contributed by atoms with E-state index in [9.17, 15) is 8.42 Å². The Morgan fingerprint density at radius 3 is 2.26 bits per heavy atom. The van der Waals surface area contributed by atoms with Crippen LogP contribution in [-0.4, -0.2) is 13.7 Å². The Morgan fingerprint density at radius 2 is 1.52 bits per heavy atom. The Labute approximate surface area is 162 Å². The molecule has 2 aliphatic carbocycles. The number of sulfone groups is 1. The van der Waals surface area contributed by atoms with Crippen molar-refractivity contribution in [2.45, 2.75) is 55.1 Å². The Morgan fingerprint density at radius 1 is 0.815 bits per heavy atom. The van der Waals surface area contributed by atoms with Gasteiger partial charge < -0.3 is 0 Å². The lowest BCUT2D eigenvalue weighted by atomic mass is 9.74. The summed E-state index contributed by atoms with van der Waals surface area (Å²) >= 11 is 0. The SMILES string of the molecule is O=S(=O)(c1ccccc1)[C@@H]1CC[C@@]2(C#Cc3ccccc3)CCCCC[C@@H]12. The standard InChI is InChI=1S/C24H26O2S/c25-27(26,21-12-6-2-7-13-21)23-16-19-24(17-9-3-8-14-22(23)24)18-15-20-10-4-1-5-11-20/h1-2,4-7,10-13,22-23H,3,8-9,14,16-17,19H2/t22-,23+,24-/m0/s1. The number of fused-ring (bicyclic) bond motifs is 1. The van der Waals surface area contributed by atoms with Crippen molar-refractivity contribution in [1.82, 2.24) is 0 Å². The Kier molecular flexibility index (Phi) is 5.10. The predicted molar refractivity (Wildman–Crippen MR) is 109 cm³/mol. The lowest BCUT2D eigenvalue weighted by Crippen LogP contribution is -2.33. The van der Waals surface area contributed by atoms with E-state index >= 15 is 0 Å². The van der Waals surface area contributed by atoms with E-state index in [2.05, 4.69) is 11.8 Å². The van der Waals surface area contributed by atoms with Gasteiger partial charge in [0.1, 0.15) is 0 Å². The molecule has 0 saturated heterocycles. The molecule has 2 saturated carbocycles. The number of hydrogen-bond donors (Lipinski definition) is 0. The fourth-order valence-corrected chi connectivity index (χ4v) is 7.13. The molecule has 3 atom stereocenters. The largest absolute Gasteiger partial charge is 0.223 e. The molecule has 140 valence electrons. The van der Waals surface area contributed by atoms with Crippen LogP contribution in [0.5, 0.6) is 0 Å². The minimum atomic E-state index is -3.31. The Hall–Kier alpha value is -2.05. The Balaban J connectivity index is 1.71. The number of rotatable bonds is 2. The normalized spacial score (nSPS) is 27.9. The first-order valence-corrected chi connectivity index (χ1v) is 11.5. The van der Waals surface area contributed by atoms with Gasteiger partial charge >= 0.3 is 0 Å². The molecule has 0 N–H and O–H groups in total. The lowest BCUT2D eigenvalue weighted by molar-refractivity contribution is 0.272. The minimum absolute atomic E-state index is 0.140. The minimum Gasteiger partial charge on any atom is -0.223 e. The van der Waals surface area contributed by atoms with Gasteiger partial charge in [0.25, 0.3) is 0 Å². The summed E-state index contributed by atoms with van der Waals surface area (Å²) in [5, 5.41) is -0.303.